The number of likely N-dealkylation sites (tertiary alicyclic amines) is 2. The Bertz CT molecular complexity index is 642. The summed E-state index contributed by atoms with van der Waals surface area (Å²) in [6.07, 6.45) is 8.75. The molecule has 2 fully saturated rings. The van der Waals surface area contributed by atoms with Crippen LogP contribution in [-0.4, -0.2) is 60.7 Å². The lowest BCUT2D eigenvalue weighted by Crippen LogP contribution is -2.35. The lowest BCUT2D eigenvalue weighted by Gasteiger charge is -2.31. The molecule has 2 aromatic rings. The first-order chi connectivity index (χ1) is 11.8. The van der Waals surface area contributed by atoms with Crippen LogP contribution in [0.5, 0.6) is 0 Å². The van der Waals surface area contributed by atoms with E-state index < -0.39 is 0 Å². The van der Waals surface area contributed by atoms with Crippen molar-refractivity contribution in [3.8, 4) is 0 Å². The topological polar surface area (TPSA) is 65.9 Å². The predicted molar refractivity (Wildman–Crippen MR) is 91.4 cm³/mol. The summed E-state index contributed by atoms with van der Waals surface area (Å²) in [4.78, 5) is 12.5. The zero-order valence-corrected chi connectivity index (χ0v) is 14.5. The highest BCUT2D eigenvalue weighted by molar-refractivity contribution is 5.04. The number of imidazole rings is 1. The second-order valence-electron chi connectivity index (χ2n) is 7.13. The monoisotopic (exact) mass is 329 g/mol. The summed E-state index contributed by atoms with van der Waals surface area (Å²) in [6, 6.07) is 0. The minimum Gasteiger partial charge on any atom is -0.348 e. The molecule has 0 radical (unpaired) electrons. The fourth-order valence-electron chi connectivity index (χ4n) is 4.02. The SMILES string of the molecule is Cn1c(CN2CCCC2)nnc1C1CCCN(Cc2ncc[nH]2)C1. The molecule has 2 saturated heterocycles. The van der Waals surface area contributed by atoms with Crippen LogP contribution in [0, 0.1) is 0 Å². The Morgan fingerprint density at radius 3 is 2.71 bits per heavy atom. The van der Waals surface area contributed by atoms with Crippen LogP contribution in [0.2, 0.25) is 0 Å². The van der Waals surface area contributed by atoms with Gasteiger partial charge in [-0.15, -0.1) is 10.2 Å². The Morgan fingerprint density at radius 1 is 1.08 bits per heavy atom. The lowest BCUT2D eigenvalue weighted by molar-refractivity contribution is 0.191. The van der Waals surface area contributed by atoms with Crippen molar-refractivity contribution in [3.05, 3.63) is 29.9 Å². The fourth-order valence-corrected chi connectivity index (χ4v) is 4.02. The maximum Gasteiger partial charge on any atom is 0.146 e. The Hall–Kier alpha value is -1.73. The maximum atomic E-state index is 4.55. The second-order valence-corrected chi connectivity index (χ2v) is 7.13. The molecule has 0 aromatic carbocycles. The van der Waals surface area contributed by atoms with Crippen LogP contribution in [-0.2, 0) is 20.1 Å². The highest BCUT2D eigenvalue weighted by Gasteiger charge is 2.26. The normalized spacial score (nSPS) is 23.1. The van der Waals surface area contributed by atoms with E-state index in [9.17, 15) is 0 Å². The molecule has 2 aliphatic rings. The van der Waals surface area contributed by atoms with Gasteiger partial charge in [-0.25, -0.2) is 4.98 Å². The van der Waals surface area contributed by atoms with Gasteiger partial charge in [-0.3, -0.25) is 9.80 Å². The van der Waals surface area contributed by atoms with Gasteiger partial charge in [0, 0.05) is 31.9 Å². The molecule has 0 bridgehead atoms. The molecule has 7 heteroatoms. The van der Waals surface area contributed by atoms with E-state index in [2.05, 4.69) is 41.6 Å². The van der Waals surface area contributed by atoms with Crippen molar-refractivity contribution in [3.63, 3.8) is 0 Å². The standard InChI is InChI=1S/C17H27N7/c1-22-16(13-23-8-2-3-9-23)20-21-17(22)14-5-4-10-24(11-14)12-15-18-6-7-19-15/h6-7,14H,2-5,8-13H2,1H3,(H,18,19). The molecule has 24 heavy (non-hydrogen) atoms. The van der Waals surface area contributed by atoms with E-state index in [0.717, 1.165) is 43.7 Å². The Morgan fingerprint density at radius 2 is 1.92 bits per heavy atom. The lowest BCUT2D eigenvalue weighted by atomic mass is 9.97. The van der Waals surface area contributed by atoms with E-state index in [1.807, 2.05) is 12.4 Å². The number of nitrogens with zero attached hydrogens (tertiary/aromatic N) is 6. The molecule has 2 aromatic heterocycles. The second kappa shape index (κ2) is 7.03. The van der Waals surface area contributed by atoms with Crippen LogP contribution in [0.25, 0.3) is 0 Å². The Balaban J connectivity index is 1.42. The molecular formula is C17H27N7. The van der Waals surface area contributed by atoms with E-state index in [0.29, 0.717) is 5.92 Å². The number of aromatic amines is 1. The molecule has 7 nitrogen and oxygen atoms in total. The first kappa shape index (κ1) is 15.8. The first-order valence-corrected chi connectivity index (χ1v) is 9.11. The van der Waals surface area contributed by atoms with E-state index in [-0.39, 0.29) is 0 Å². The van der Waals surface area contributed by atoms with Crippen LogP contribution in [0.15, 0.2) is 12.4 Å². The highest BCUT2D eigenvalue weighted by Crippen LogP contribution is 2.26. The van der Waals surface area contributed by atoms with E-state index in [1.54, 1.807) is 0 Å². The van der Waals surface area contributed by atoms with Gasteiger partial charge in [0.2, 0.25) is 0 Å². The van der Waals surface area contributed by atoms with Gasteiger partial charge in [0.25, 0.3) is 0 Å². The molecule has 0 saturated carbocycles. The van der Waals surface area contributed by atoms with Crippen LogP contribution in [0.3, 0.4) is 0 Å². The summed E-state index contributed by atoms with van der Waals surface area (Å²) >= 11 is 0. The molecule has 4 heterocycles. The van der Waals surface area contributed by atoms with Crippen LogP contribution in [0.4, 0.5) is 0 Å². The Kier molecular flexibility index (Phi) is 4.62. The van der Waals surface area contributed by atoms with E-state index in [4.69, 9.17) is 0 Å². The van der Waals surface area contributed by atoms with Gasteiger partial charge in [0.05, 0.1) is 13.1 Å². The number of rotatable bonds is 5. The minimum absolute atomic E-state index is 0.471. The smallest absolute Gasteiger partial charge is 0.146 e. The van der Waals surface area contributed by atoms with Gasteiger partial charge in [0.15, 0.2) is 0 Å². The van der Waals surface area contributed by atoms with Crippen molar-refractivity contribution in [1.82, 2.24) is 34.5 Å². The van der Waals surface area contributed by atoms with Crippen molar-refractivity contribution in [2.75, 3.05) is 26.2 Å². The molecule has 1 unspecified atom stereocenters. The zero-order valence-electron chi connectivity index (χ0n) is 14.5. The minimum atomic E-state index is 0.471. The van der Waals surface area contributed by atoms with Crippen molar-refractivity contribution in [1.29, 1.82) is 0 Å². The average Bonchev–Trinajstić information content (AvgIpc) is 3.33. The van der Waals surface area contributed by atoms with E-state index in [1.165, 1.54) is 38.8 Å². The number of nitrogens with one attached hydrogen (secondary N) is 1. The number of H-pyrrole nitrogens is 1. The van der Waals surface area contributed by atoms with Crippen molar-refractivity contribution >= 4 is 0 Å². The summed E-state index contributed by atoms with van der Waals surface area (Å²) in [5, 5.41) is 9.04. The quantitative estimate of drug-likeness (QED) is 0.901. The third-order valence-corrected chi connectivity index (χ3v) is 5.36. The van der Waals surface area contributed by atoms with Crippen LogP contribution >= 0.6 is 0 Å². The molecule has 4 rings (SSSR count). The molecule has 130 valence electrons. The van der Waals surface area contributed by atoms with Gasteiger partial charge in [-0.2, -0.15) is 0 Å². The molecule has 0 amide bonds. The van der Waals surface area contributed by atoms with E-state index >= 15 is 0 Å². The third kappa shape index (κ3) is 3.37. The van der Waals surface area contributed by atoms with Gasteiger partial charge in [0.1, 0.15) is 17.5 Å². The summed E-state index contributed by atoms with van der Waals surface area (Å²) in [5.41, 5.74) is 0. The maximum absolute atomic E-state index is 4.55. The largest absolute Gasteiger partial charge is 0.348 e. The fraction of sp³-hybridized carbons (Fsp3) is 0.706. The number of aromatic nitrogens is 5. The summed E-state index contributed by atoms with van der Waals surface area (Å²) in [5.74, 6) is 3.77. The molecule has 1 atom stereocenters. The van der Waals surface area contributed by atoms with Gasteiger partial charge < -0.3 is 9.55 Å². The highest BCUT2D eigenvalue weighted by atomic mass is 15.3. The number of piperidine rings is 1. The van der Waals surface area contributed by atoms with Crippen LogP contribution in [0.1, 0.15) is 49.1 Å². The molecular weight excluding hydrogens is 302 g/mol. The summed E-state index contributed by atoms with van der Waals surface area (Å²) < 4.78 is 2.24. The van der Waals surface area contributed by atoms with Crippen molar-refractivity contribution < 1.29 is 0 Å². The van der Waals surface area contributed by atoms with Crippen molar-refractivity contribution in [2.24, 2.45) is 7.05 Å². The van der Waals surface area contributed by atoms with Crippen molar-refractivity contribution in [2.45, 2.75) is 44.7 Å². The molecule has 0 aliphatic carbocycles. The predicted octanol–water partition coefficient (Wildman–Crippen LogP) is 1.51. The zero-order chi connectivity index (χ0) is 16.4. The van der Waals surface area contributed by atoms with Crippen LogP contribution < -0.4 is 0 Å². The molecule has 1 N–H and O–H groups in total. The van der Waals surface area contributed by atoms with Gasteiger partial charge in [-0.1, -0.05) is 0 Å². The summed E-state index contributed by atoms with van der Waals surface area (Å²) in [6.45, 7) is 6.39. The molecule has 0 spiro atoms. The van der Waals surface area contributed by atoms with Gasteiger partial charge >= 0.3 is 0 Å². The van der Waals surface area contributed by atoms with Gasteiger partial charge in [-0.05, 0) is 45.3 Å². The number of hydrogen-bond acceptors (Lipinski definition) is 5. The number of hydrogen-bond donors (Lipinski definition) is 1. The Labute approximate surface area is 143 Å². The average molecular weight is 329 g/mol. The molecule has 2 aliphatic heterocycles. The third-order valence-electron chi connectivity index (χ3n) is 5.36. The summed E-state index contributed by atoms with van der Waals surface area (Å²) in [7, 11) is 2.13. The first-order valence-electron chi connectivity index (χ1n) is 9.11.